The van der Waals surface area contributed by atoms with Crippen LogP contribution in [-0.2, 0) is 0 Å². The van der Waals surface area contributed by atoms with Gasteiger partial charge < -0.3 is 15.0 Å². The first kappa shape index (κ1) is 11.6. The van der Waals surface area contributed by atoms with Crippen molar-refractivity contribution in [3.63, 3.8) is 0 Å². The van der Waals surface area contributed by atoms with E-state index in [0.29, 0.717) is 23.4 Å². The number of rotatable bonds is 3. The maximum atomic E-state index is 5.66. The standard InChI is InChI=1S/C11H17N5O/c1-6(2)7(3)16-5-13-8-9(16)14-11(12)15-10(8)17-4/h5-7H,1-4H3,(H2,12,14,15). The molecule has 0 aliphatic rings. The third-order valence-electron chi connectivity index (χ3n) is 3.00. The first-order valence-electron chi connectivity index (χ1n) is 5.58. The minimum absolute atomic E-state index is 0.201. The SMILES string of the molecule is COc1nc(N)nc2c1ncn2C(C)C(C)C. The number of nitrogen functional groups attached to an aromatic ring is 1. The molecule has 1 atom stereocenters. The van der Waals surface area contributed by atoms with Crippen LogP contribution in [0.2, 0.25) is 0 Å². The van der Waals surface area contributed by atoms with Crippen LogP contribution in [0, 0.1) is 5.92 Å². The molecule has 0 aliphatic heterocycles. The molecule has 2 rings (SSSR count). The molecule has 92 valence electrons. The van der Waals surface area contributed by atoms with Crippen molar-refractivity contribution in [3.8, 4) is 5.88 Å². The zero-order valence-electron chi connectivity index (χ0n) is 10.5. The average Bonchev–Trinajstić information content (AvgIpc) is 2.70. The lowest BCUT2D eigenvalue weighted by Crippen LogP contribution is -2.11. The quantitative estimate of drug-likeness (QED) is 0.874. The van der Waals surface area contributed by atoms with Gasteiger partial charge in [0.15, 0.2) is 11.2 Å². The fourth-order valence-electron chi connectivity index (χ4n) is 1.67. The molecule has 17 heavy (non-hydrogen) atoms. The van der Waals surface area contributed by atoms with Gasteiger partial charge in [0.1, 0.15) is 0 Å². The normalized spacial score (nSPS) is 13.2. The first-order valence-corrected chi connectivity index (χ1v) is 5.58. The van der Waals surface area contributed by atoms with E-state index in [2.05, 4.69) is 35.7 Å². The molecule has 0 saturated carbocycles. The second kappa shape index (κ2) is 4.20. The summed E-state index contributed by atoms with van der Waals surface area (Å²) in [6.07, 6.45) is 1.76. The lowest BCUT2D eigenvalue weighted by atomic mass is 10.1. The van der Waals surface area contributed by atoms with Gasteiger partial charge in [0.2, 0.25) is 11.8 Å². The number of fused-ring (bicyclic) bond motifs is 1. The summed E-state index contributed by atoms with van der Waals surface area (Å²) >= 11 is 0. The zero-order valence-corrected chi connectivity index (χ0v) is 10.5. The molecule has 0 aromatic carbocycles. The Kier molecular flexibility index (Phi) is 2.87. The second-order valence-electron chi connectivity index (χ2n) is 4.40. The van der Waals surface area contributed by atoms with Gasteiger partial charge in [-0.2, -0.15) is 9.97 Å². The Bertz CT molecular complexity index is 534. The lowest BCUT2D eigenvalue weighted by molar-refractivity contribution is 0.401. The molecule has 2 aromatic rings. The molecule has 0 radical (unpaired) electrons. The van der Waals surface area contributed by atoms with Gasteiger partial charge in [0, 0.05) is 6.04 Å². The molecule has 1 unspecified atom stereocenters. The molecule has 0 bridgehead atoms. The fourth-order valence-corrected chi connectivity index (χ4v) is 1.67. The Hall–Kier alpha value is -1.85. The summed E-state index contributed by atoms with van der Waals surface area (Å²) in [5, 5.41) is 0. The van der Waals surface area contributed by atoms with Crippen LogP contribution < -0.4 is 10.5 Å². The van der Waals surface area contributed by atoms with Gasteiger partial charge in [-0.1, -0.05) is 13.8 Å². The first-order chi connectivity index (χ1) is 8.04. The Morgan fingerprint density at radius 1 is 1.29 bits per heavy atom. The minimum Gasteiger partial charge on any atom is -0.479 e. The molecule has 0 amide bonds. The van der Waals surface area contributed by atoms with Crippen LogP contribution >= 0.6 is 0 Å². The Labute approximate surface area is 99.8 Å². The predicted molar refractivity (Wildman–Crippen MR) is 65.8 cm³/mol. The van der Waals surface area contributed by atoms with Crippen LogP contribution in [0.1, 0.15) is 26.8 Å². The van der Waals surface area contributed by atoms with Crippen molar-refractivity contribution in [1.29, 1.82) is 0 Å². The number of nitrogens with two attached hydrogens (primary N) is 1. The number of hydrogen-bond donors (Lipinski definition) is 1. The van der Waals surface area contributed by atoms with Gasteiger partial charge in [0.05, 0.1) is 13.4 Å². The average molecular weight is 235 g/mol. The molecule has 2 N–H and O–H groups in total. The summed E-state index contributed by atoms with van der Waals surface area (Å²) in [6, 6.07) is 0.291. The Balaban J connectivity index is 2.64. The van der Waals surface area contributed by atoms with Crippen LogP contribution in [0.5, 0.6) is 5.88 Å². The number of hydrogen-bond acceptors (Lipinski definition) is 5. The molecule has 0 aliphatic carbocycles. The van der Waals surface area contributed by atoms with E-state index in [1.165, 1.54) is 0 Å². The number of aromatic nitrogens is 4. The number of imidazole rings is 1. The summed E-state index contributed by atoms with van der Waals surface area (Å²) in [4.78, 5) is 12.5. The highest BCUT2D eigenvalue weighted by molar-refractivity contribution is 5.77. The number of methoxy groups -OCH3 is 1. The molecule has 6 heteroatoms. The van der Waals surface area contributed by atoms with E-state index in [1.54, 1.807) is 13.4 Å². The number of nitrogens with zero attached hydrogens (tertiary/aromatic N) is 4. The van der Waals surface area contributed by atoms with Gasteiger partial charge in [-0.25, -0.2) is 4.98 Å². The van der Waals surface area contributed by atoms with Crippen LogP contribution in [0.4, 0.5) is 5.95 Å². The summed E-state index contributed by atoms with van der Waals surface area (Å²) in [5.41, 5.74) is 7.03. The smallest absolute Gasteiger partial charge is 0.246 e. The van der Waals surface area contributed by atoms with E-state index in [0.717, 1.165) is 5.65 Å². The van der Waals surface area contributed by atoms with E-state index in [4.69, 9.17) is 10.5 Å². The summed E-state index contributed by atoms with van der Waals surface area (Å²) in [5.74, 6) is 1.10. The van der Waals surface area contributed by atoms with E-state index in [1.807, 2.05) is 4.57 Å². The largest absolute Gasteiger partial charge is 0.479 e. The monoisotopic (exact) mass is 235 g/mol. The van der Waals surface area contributed by atoms with E-state index in [9.17, 15) is 0 Å². The molecule has 2 aromatic heterocycles. The van der Waals surface area contributed by atoms with E-state index < -0.39 is 0 Å². The summed E-state index contributed by atoms with van der Waals surface area (Å²) in [7, 11) is 1.55. The third-order valence-corrected chi connectivity index (χ3v) is 3.00. The number of anilines is 1. The van der Waals surface area contributed by atoms with Crippen LogP contribution in [0.25, 0.3) is 11.2 Å². The van der Waals surface area contributed by atoms with Gasteiger partial charge in [-0.05, 0) is 12.8 Å². The molecule has 6 nitrogen and oxygen atoms in total. The lowest BCUT2D eigenvalue weighted by Gasteiger charge is -2.17. The number of ether oxygens (including phenoxy) is 1. The van der Waals surface area contributed by atoms with Crippen molar-refractivity contribution in [2.24, 2.45) is 5.92 Å². The van der Waals surface area contributed by atoms with E-state index in [-0.39, 0.29) is 5.95 Å². The fraction of sp³-hybridized carbons (Fsp3) is 0.545. The van der Waals surface area contributed by atoms with E-state index >= 15 is 0 Å². The van der Waals surface area contributed by atoms with Gasteiger partial charge in [-0.3, -0.25) is 0 Å². The zero-order chi connectivity index (χ0) is 12.6. The van der Waals surface area contributed by atoms with Gasteiger partial charge >= 0.3 is 0 Å². The molecule has 2 heterocycles. The van der Waals surface area contributed by atoms with Crippen LogP contribution in [0.3, 0.4) is 0 Å². The van der Waals surface area contributed by atoms with Crippen molar-refractivity contribution in [2.45, 2.75) is 26.8 Å². The molecule has 0 spiro atoms. The predicted octanol–water partition coefficient (Wildman–Crippen LogP) is 1.63. The minimum atomic E-state index is 0.201. The molecule has 0 saturated heterocycles. The molecular formula is C11H17N5O. The highest BCUT2D eigenvalue weighted by Crippen LogP contribution is 2.26. The maximum absolute atomic E-state index is 5.66. The third kappa shape index (κ3) is 1.90. The summed E-state index contributed by atoms with van der Waals surface area (Å²) in [6.45, 7) is 6.42. The second-order valence-corrected chi connectivity index (χ2v) is 4.40. The highest BCUT2D eigenvalue weighted by atomic mass is 16.5. The van der Waals surface area contributed by atoms with Crippen molar-refractivity contribution < 1.29 is 4.74 Å². The highest BCUT2D eigenvalue weighted by Gasteiger charge is 2.17. The topological polar surface area (TPSA) is 78.8 Å². The maximum Gasteiger partial charge on any atom is 0.246 e. The molecule has 0 fully saturated rings. The van der Waals surface area contributed by atoms with Crippen LogP contribution in [-0.4, -0.2) is 26.6 Å². The van der Waals surface area contributed by atoms with Crippen molar-refractivity contribution in [1.82, 2.24) is 19.5 Å². The van der Waals surface area contributed by atoms with Gasteiger partial charge in [-0.15, -0.1) is 0 Å². The van der Waals surface area contributed by atoms with Crippen molar-refractivity contribution in [2.75, 3.05) is 12.8 Å². The Morgan fingerprint density at radius 2 is 2.00 bits per heavy atom. The molecular weight excluding hydrogens is 218 g/mol. The van der Waals surface area contributed by atoms with Crippen molar-refractivity contribution >= 4 is 17.1 Å². The van der Waals surface area contributed by atoms with Crippen LogP contribution in [0.15, 0.2) is 6.33 Å². The Morgan fingerprint density at radius 3 is 2.59 bits per heavy atom. The summed E-state index contributed by atoms with van der Waals surface area (Å²) < 4.78 is 7.16. The van der Waals surface area contributed by atoms with Gasteiger partial charge in [0.25, 0.3) is 0 Å². The van der Waals surface area contributed by atoms with Crippen molar-refractivity contribution in [3.05, 3.63) is 6.33 Å².